The van der Waals surface area contributed by atoms with Crippen molar-refractivity contribution in [1.82, 2.24) is 5.32 Å². The van der Waals surface area contributed by atoms with Crippen molar-refractivity contribution in [2.45, 2.75) is 13.3 Å². The van der Waals surface area contributed by atoms with Crippen molar-refractivity contribution in [2.75, 3.05) is 13.2 Å². The summed E-state index contributed by atoms with van der Waals surface area (Å²) in [6.45, 7) is 2.85. The molecule has 2 aromatic rings. The lowest BCUT2D eigenvalue weighted by molar-refractivity contribution is 0.0954. The van der Waals surface area contributed by atoms with E-state index in [0.717, 1.165) is 5.56 Å². The molecule has 0 unspecified atom stereocenters. The van der Waals surface area contributed by atoms with Crippen LogP contribution in [0.1, 0.15) is 22.8 Å². The molecule has 22 heavy (non-hydrogen) atoms. The van der Waals surface area contributed by atoms with Crippen molar-refractivity contribution >= 4 is 17.5 Å². The topological polar surface area (TPSA) is 38.3 Å². The number of ether oxygens (including phenoxy) is 1. The molecular formula is C17H17ClFNO2. The number of rotatable bonds is 6. The van der Waals surface area contributed by atoms with Gasteiger partial charge in [0.25, 0.3) is 5.91 Å². The summed E-state index contributed by atoms with van der Waals surface area (Å²) in [4.78, 5) is 12.0. The number of hydrogen-bond donors (Lipinski definition) is 1. The largest absolute Gasteiger partial charge is 0.492 e. The monoisotopic (exact) mass is 321 g/mol. The first kappa shape index (κ1) is 16.3. The van der Waals surface area contributed by atoms with Gasteiger partial charge in [-0.2, -0.15) is 0 Å². The van der Waals surface area contributed by atoms with Gasteiger partial charge in [-0.25, -0.2) is 4.39 Å². The van der Waals surface area contributed by atoms with Gasteiger partial charge in [0.1, 0.15) is 11.6 Å². The minimum Gasteiger partial charge on any atom is -0.492 e. The second-order valence-electron chi connectivity index (χ2n) is 4.71. The summed E-state index contributed by atoms with van der Waals surface area (Å²) >= 11 is 6.06. The number of halogens is 2. The van der Waals surface area contributed by atoms with Crippen molar-refractivity contribution < 1.29 is 13.9 Å². The standard InChI is InChI=1S/C17H17ClFNO2/c1-2-22-16-8-5-13(11-15(16)18)17(21)20-10-9-12-3-6-14(19)7-4-12/h3-8,11H,2,9-10H2,1H3,(H,20,21). The van der Waals surface area contributed by atoms with Gasteiger partial charge < -0.3 is 10.1 Å². The van der Waals surface area contributed by atoms with Crippen LogP contribution >= 0.6 is 11.6 Å². The van der Waals surface area contributed by atoms with Gasteiger partial charge >= 0.3 is 0 Å². The molecule has 0 spiro atoms. The molecular weight excluding hydrogens is 305 g/mol. The van der Waals surface area contributed by atoms with E-state index >= 15 is 0 Å². The smallest absolute Gasteiger partial charge is 0.251 e. The summed E-state index contributed by atoms with van der Waals surface area (Å²) in [6.07, 6.45) is 0.636. The molecule has 1 amide bonds. The maximum atomic E-state index is 12.8. The Balaban J connectivity index is 1.89. The lowest BCUT2D eigenvalue weighted by Gasteiger charge is -2.09. The first-order chi connectivity index (χ1) is 10.6. The highest BCUT2D eigenvalue weighted by molar-refractivity contribution is 6.32. The zero-order valence-corrected chi connectivity index (χ0v) is 13.0. The van der Waals surface area contributed by atoms with Crippen LogP contribution in [0, 0.1) is 5.82 Å². The number of benzene rings is 2. The van der Waals surface area contributed by atoms with Crippen LogP contribution in [-0.2, 0) is 6.42 Å². The van der Waals surface area contributed by atoms with E-state index in [4.69, 9.17) is 16.3 Å². The van der Waals surface area contributed by atoms with E-state index in [1.807, 2.05) is 6.92 Å². The van der Waals surface area contributed by atoms with Gasteiger partial charge in [-0.15, -0.1) is 0 Å². The highest BCUT2D eigenvalue weighted by Gasteiger charge is 2.09. The number of amides is 1. The highest BCUT2D eigenvalue weighted by Crippen LogP contribution is 2.25. The first-order valence-corrected chi connectivity index (χ1v) is 7.43. The van der Waals surface area contributed by atoms with Crippen LogP contribution in [-0.4, -0.2) is 19.1 Å². The van der Waals surface area contributed by atoms with Crippen LogP contribution in [0.25, 0.3) is 0 Å². The fraction of sp³-hybridized carbons (Fsp3) is 0.235. The van der Waals surface area contributed by atoms with Gasteiger partial charge in [0.15, 0.2) is 0 Å². The Labute approximate surface area is 134 Å². The van der Waals surface area contributed by atoms with Crippen molar-refractivity contribution in [2.24, 2.45) is 0 Å². The Morgan fingerprint density at radius 1 is 1.23 bits per heavy atom. The summed E-state index contributed by atoms with van der Waals surface area (Å²) in [5.41, 5.74) is 1.44. The lowest BCUT2D eigenvalue weighted by atomic mass is 10.1. The predicted molar refractivity (Wildman–Crippen MR) is 85.1 cm³/mol. The molecule has 0 heterocycles. The molecule has 116 valence electrons. The number of nitrogens with one attached hydrogen (secondary N) is 1. The average Bonchev–Trinajstić information content (AvgIpc) is 2.51. The molecule has 3 nitrogen and oxygen atoms in total. The van der Waals surface area contributed by atoms with Crippen molar-refractivity contribution in [3.63, 3.8) is 0 Å². The molecule has 0 saturated heterocycles. The molecule has 1 N–H and O–H groups in total. The van der Waals surface area contributed by atoms with Crippen LogP contribution in [0.5, 0.6) is 5.75 Å². The van der Waals surface area contributed by atoms with E-state index < -0.39 is 0 Å². The fourth-order valence-electron chi connectivity index (χ4n) is 1.99. The van der Waals surface area contributed by atoms with Gasteiger partial charge in [-0.05, 0) is 49.2 Å². The second kappa shape index (κ2) is 7.80. The Morgan fingerprint density at radius 3 is 2.59 bits per heavy atom. The Hall–Kier alpha value is -2.07. The van der Waals surface area contributed by atoms with E-state index in [9.17, 15) is 9.18 Å². The highest BCUT2D eigenvalue weighted by atomic mass is 35.5. The van der Waals surface area contributed by atoms with Crippen LogP contribution in [0.3, 0.4) is 0 Å². The van der Waals surface area contributed by atoms with Crippen LogP contribution in [0.2, 0.25) is 5.02 Å². The minimum absolute atomic E-state index is 0.202. The molecule has 5 heteroatoms. The lowest BCUT2D eigenvalue weighted by Crippen LogP contribution is -2.25. The zero-order chi connectivity index (χ0) is 15.9. The maximum absolute atomic E-state index is 12.8. The normalized spacial score (nSPS) is 10.3. The summed E-state index contributed by atoms with van der Waals surface area (Å²) in [5, 5.41) is 3.22. The minimum atomic E-state index is -0.267. The molecule has 2 rings (SSSR count). The molecule has 0 atom stereocenters. The third kappa shape index (κ3) is 4.46. The Bertz CT molecular complexity index is 644. The van der Waals surface area contributed by atoms with Gasteiger partial charge in [0.2, 0.25) is 0 Å². The third-order valence-corrected chi connectivity index (χ3v) is 3.40. The van der Waals surface area contributed by atoms with Gasteiger partial charge in [0.05, 0.1) is 11.6 Å². The van der Waals surface area contributed by atoms with Crippen molar-refractivity contribution in [3.05, 3.63) is 64.4 Å². The van der Waals surface area contributed by atoms with E-state index in [-0.39, 0.29) is 11.7 Å². The van der Waals surface area contributed by atoms with Crippen LogP contribution in [0.4, 0.5) is 4.39 Å². The predicted octanol–water partition coefficient (Wildman–Crippen LogP) is 3.85. The summed E-state index contributed by atoms with van der Waals surface area (Å²) in [6, 6.07) is 11.2. The summed E-state index contributed by atoms with van der Waals surface area (Å²) in [5.74, 6) is 0.0934. The van der Waals surface area contributed by atoms with E-state index in [1.54, 1.807) is 30.3 Å². The maximum Gasteiger partial charge on any atom is 0.251 e. The quantitative estimate of drug-likeness (QED) is 0.877. The van der Waals surface area contributed by atoms with E-state index in [1.165, 1.54) is 12.1 Å². The number of hydrogen-bond acceptors (Lipinski definition) is 2. The summed E-state index contributed by atoms with van der Waals surface area (Å²) in [7, 11) is 0. The van der Waals surface area contributed by atoms with E-state index in [2.05, 4.69) is 5.32 Å². The molecule has 0 aliphatic carbocycles. The second-order valence-corrected chi connectivity index (χ2v) is 5.12. The molecule has 0 radical (unpaired) electrons. The molecule has 0 fully saturated rings. The number of carbonyl (C=O) groups excluding carboxylic acids is 1. The molecule has 0 aliphatic rings. The van der Waals surface area contributed by atoms with Crippen molar-refractivity contribution in [1.29, 1.82) is 0 Å². The van der Waals surface area contributed by atoms with E-state index in [0.29, 0.717) is 35.9 Å². The third-order valence-electron chi connectivity index (χ3n) is 3.11. The van der Waals surface area contributed by atoms with Crippen LogP contribution < -0.4 is 10.1 Å². The number of carbonyl (C=O) groups is 1. The SMILES string of the molecule is CCOc1ccc(C(=O)NCCc2ccc(F)cc2)cc1Cl. The van der Waals surface area contributed by atoms with Crippen molar-refractivity contribution in [3.8, 4) is 5.75 Å². The first-order valence-electron chi connectivity index (χ1n) is 7.05. The Morgan fingerprint density at radius 2 is 1.95 bits per heavy atom. The average molecular weight is 322 g/mol. The molecule has 0 bridgehead atoms. The summed E-state index contributed by atoms with van der Waals surface area (Å²) < 4.78 is 18.1. The molecule has 2 aromatic carbocycles. The van der Waals surface area contributed by atoms with Gasteiger partial charge in [-0.3, -0.25) is 4.79 Å². The Kier molecular flexibility index (Phi) is 5.78. The van der Waals surface area contributed by atoms with Gasteiger partial charge in [0, 0.05) is 12.1 Å². The molecule has 0 aliphatic heterocycles. The van der Waals surface area contributed by atoms with Crippen LogP contribution in [0.15, 0.2) is 42.5 Å². The molecule has 0 aromatic heterocycles. The zero-order valence-electron chi connectivity index (χ0n) is 12.2. The molecule has 0 saturated carbocycles. The van der Waals surface area contributed by atoms with Gasteiger partial charge in [-0.1, -0.05) is 23.7 Å². The fourth-order valence-corrected chi connectivity index (χ4v) is 2.22.